The molecule has 0 spiro atoms. The summed E-state index contributed by atoms with van der Waals surface area (Å²) in [6, 6.07) is 13.8. The maximum atomic E-state index is 12.7. The lowest BCUT2D eigenvalue weighted by atomic mass is 9.86. The number of benzene rings is 2. The van der Waals surface area contributed by atoms with Crippen LogP contribution in [0.25, 0.3) is 0 Å². The van der Waals surface area contributed by atoms with Gasteiger partial charge in [-0.25, -0.2) is 8.42 Å². The molecule has 0 aromatic heterocycles. The Bertz CT molecular complexity index is 837. The van der Waals surface area contributed by atoms with E-state index in [2.05, 4.69) is 4.72 Å². The van der Waals surface area contributed by atoms with Gasteiger partial charge in [0.25, 0.3) is 10.0 Å². The van der Waals surface area contributed by atoms with Crippen LogP contribution in [0.15, 0.2) is 53.4 Å². The van der Waals surface area contributed by atoms with Crippen molar-refractivity contribution >= 4 is 15.7 Å². The lowest BCUT2D eigenvalue weighted by Gasteiger charge is -2.23. The first-order valence-electron chi connectivity index (χ1n) is 8.22. The van der Waals surface area contributed by atoms with Crippen molar-refractivity contribution in [3.8, 4) is 5.75 Å². The molecule has 134 valence electrons. The number of hydrogen-bond acceptors (Lipinski definition) is 4. The van der Waals surface area contributed by atoms with E-state index in [1.807, 2.05) is 26.8 Å². The summed E-state index contributed by atoms with van der Waals surface area (Å²) in [6.07, 6.45) is 0.149. The SMILES string of the molecule is CC(C)(C)c1cc(S(=O)(=O)Nc2ccccc2)ccc1OCC1CO1. The highest BCUT2D eigenvalue weighted by molar-refractivity contribution is 7.92. The lowest BCUT2D eigenvalue weighted by Crippen LogP contribution is -2.18. The van der Waals surface area contributed by atoms with Crippen molar-refractivity contribution in [1.29, 1.82) is 0 Å². The monoisotopic (exact) mass is 361 g/mol. The van der Waals surface area contributed by atoms with Gasteiger partial charge in [-0.2, -0.15) is 0 Å². The normalized spacial score (nSPS) is 17.2. The van der Waals surface area contributed by atoms with Gasteiger partial charge in [0.2, 0.25) is 0 Å². The van der Waals surface area contributed by atoms with Crippen LogP contribution in [-0.4, -0.2) is 27.7 Å². The summed E-state index contributed by atoms with van der Waals surface area (Å²) < 4.78 is 39.0. The smallest absolute Gasteiger partial charge is 0.261 e. The number of nitrogens with one attached hydrogen (secondary N) is 1. The second-order valence-electron chi connectivity index (χ2n) is 7.15. The molecule has 1 aliphatic rings. The fourth-order valence-electron chi connectivity index (χ4n) is 2.46. The van der Waals surface area contributed by atoms with E-state index in [9.17, 15) is 8.42 Å². The zero-order valence-electron chi connectivity index (χ0n) is 14.7. The van der Waals surface area contributed by atoms with E-state index >= 15 is 0 Å². The molecule has 0 aliphatic carbocycles. The van der Waals surface area contributed by atoms with Gasteiger partial charge in [-0.3, -0.25) is 4.72 Å². The molecule has 0 amide bonds. The van der Waals surface area contributed by atoms with Crippen molar-refractivity contribution in [2.24, 2.45) is 0 Å². The van der Waals surface area contributed by atoms with Crippen LogP contribution in [-0.2, 0) is 20.2 Å². The molecule has 2 aromatic carbocycles. The largest absolute Gasteiger partial charge is 0.490 e. The molecule has 1 atom stereocenters. The van der Waals surface area contributed by atoms with Gasteiger partial charge in [0.15, 0.2) is 0 Å². The maximum absolute atomic E-state index is 12.7. The van der Waals surface area contributed by atoms with E-state index in [1.54, 1.807) is 42.5 Å². The fraction of sp³-hybridized carbons (Fsp3) is 0.368. The van der Waals surface area contributed by atoms with Gasteiger partial charge in [-0.1, -0.05) is 39.0 Å². The third-order valence-corrected chi connectivity index (χ3v) is 5.30. The third kappa shape index (κ3) is 4.52. The number of sulfonamides is 1. The molecule has 0 radical (unpaired) electrons. The molecular weight excluding hydrogens is 338 g/mol. The van der Waals surface area contributed by atoms with Crippen molar-refractivity contribution in [3.05, 3.63) is 54.1 Å². The first-order valence-corrected chi connectivity index (χ1v) is 9.71. The molecule has 1 fully saturated rings. The van der Waals surface area contributed by atoms with Crippen molar-refractivity contribution < 1.29 is 17.9 Å². The highest BCUT2D eigenvalue weighted by atomic mass is 32.2. The molecule has 1 heterocycles. The van der Waals surface area contributed by atoms with Gasteiger partial charge < -0.3 is 9.47 Å². The average Bonchev–Trinajstić information content (AvgIpc) is 3.36. The van der Waals surface area contributed by atoms with Gasteiger partial charge in [-0.15, -0.1) is 0 Å². The Hall–Kier alpha value is -2.05. The standard InChI is InChI=1S/C19H23NO4S/c1-19(2,3)17-11-16(9-10-18(17)24-13-15-12-23-15)25(21,22)20-14-7-5-4-6-8-14/h4-11,15,20H,12-13H2,1-3H3. The van der Waals surface area contributed by atoms with Crippen LogP contribution in [0.2, 0.25) is 0 Å². The number of rotatable bonds is 6. The quantitative estimate of drug-likeness (QED) is 0.799. The molecule has 1 saturated heterocycles. The first kappa shape index (κ1) is 17.8. The minimum Gasteiger partial charge on any atom is -0.490 e. The Kier molecular flexibility index (Phi) is 4.75. The highest BCUT2D eigenvalue weighted by Gasteiger charge is 2.27. The van der Waals surface area contributed by atoms with Gasteiger partial charge in [0, 0.05) is 11.3 Å². The summed E-state index contributed by atoms with van der Waals surface area (Å²) in [6.45, 7) is 7.30. The minimum absolute atomic E-state index is 0.149. The Labute approximate surface area is 149 Å². The number of hydrogen-bond donors (Lipinski definition) is 1. The van der Waals surface area contributed by atoms with Crippen molar-refractivity contribution in [2.75, 3.05) is 17.9 Å². The summed E-state index contributed by atoms with van der Waals surface area (Å²) in [5.41, 5.74) is 1.13. The number of ether oxygens (including phenoxy) is 2. The van der Waals surface area contributed by atoms with Gasteiger partial charge in [-0.05, 0) is 35.7 Å². The molecule has 1 aliphatic heterocycles. The zero-order valence-corrected chi connectivity index (χ0v) is 15.5. The number of epoxide rings is 1. The highest BCUT2D eigenvalue weighted by Crippen LogP contribution is 2.34. The first-order chi connectivity index (χ1) is 11.8. The predicted molar refractivity (Wildman–Crippen MR) is 97.6 cm³/mol. The topological polar surface area (TPSA) is 67.9 Å². The van der Waals surface area contributed by atoms with Gasteiger partial charge in [0.05, 0.1) is 11.5 Å². The van der Waals surface area contributed by atoms with E-state index in [1.165, 1.54) is 0 Å². The van der Waals surface area contributed by atoms with Crippen LogP contribution >= 0.6 is 0 Å². The van der Waals surface area contributed by atoms with Crippen LogP contribution in [0.5, 0.6) is 5.75 Å². The van der Waals surface area contributed by atoms with Crippen LogP contribution in [0, 0.1) is 0 Å². The molecule has 2 aromatic rings. The Balaban J connectivity index is 1.90. The molecule has 5 nitrogen and oxygen atoms in total. The van der Waals surface area contributed by atoms with Crippen LogP contribution in [0.1, 0.15) is 26.3 Å². The summed E-state index contributed by atoms with van der Waals surface area (Å²) >= 11 is 0. The molecular formula is C19H23NO4S. The summed E-state index contributed by atoms with van der Waals surface area (Å²) in [5.74, 6) is 0.696. The molecule has 1 unspecified atom stereocenters. The van der Waals surface area contributed by atoms with Gasteiger partial charge >= 0.3 is 0 Å². The number of para-hydroxylation sites is 1. The number of anilines is 1. The van der Waals surface area contributed by atoms with E-state index in [0.717, 1.165) is 12.2 Å². The van der Waals surface area contributed by atoms with E-state index in [4.69, 9.17) is 9.47 Å². The molecule has 25 heavy (non-hydrogen) atoms. The molecule has 3 rings (SSSR count). The van der Waals surface area contributed by atoms with Crippen LogP contribution < -0.4 is 9.46 Å². The molecule has 6 heteroatoms. The van der Waals surface area contributed by atoms with Crippen LogP contribution in [0.3, 0.4) is 0 Å². The summed E-state index contributed by atoms with van der Waals surface area (Å²) in [7, 11) is -3.66. The Morgan fingerprint density at radius 3 is 2.44 bits per heavy atom. The van der Waals surface area contributed by atoms with E-state index in [-0.39, 0.29) is 16.4 Å². The summed E-state index contributed by atoms with van der Waals surface area (Å²) in [5, 5.41) is 0. The van der Waals surface area contributed by atoms with E-state index < -0.39 is 10.0 Å². The Morgan fingerprint density at radius 1 is 1.16 bits per heavy atom. The summed E-state index contributed by atoms with van der Waals surface area (Å²) in [4.78, 5) is 0.219. The third-order valence-electron chi connectivity index (χ3n) is 3.92. The van der Waals surface area contributed by atoms with E-state index in [0.29, 0.717) is 18.0 Å². The molecule has 0 bridgehead atoms. The Morgan fingerprint density at radius 2 is 1.84 bits per heavy atom. The fourth-order valence-corrected chi connectivity index (χ4v) is 3.54. The molecule has 0 saturated carbocycles. The second-order valence-corrected chi connectivity index (χ2v) is 8.83. The van der Waals surface area contributed by atoms with Crippen molar-refractivity contribution in [1.82, 2.24) is 0 Å². The zero-order chi connectivity index (χ0) is 18.1. The predicted octanol–water partition coefficient (Wildman–Crippen LogP) is 3.56. The maximum Gasteiger partial charge on any atom is 0.261 e. The van der Waals surface area contributed by atoms with Crippen molar-refractivity contribution in [2.45, 2.75) is 37.2 Å². The van der Waals surface area contributed by atoms with Crippen LogP contribution in [0.4, 0.5) is 5.69 Å². The molecule has 1 N–H and O–H groups in total. The van der Waals surface area contributed by atoms with Crippen molar-refractivity contribution in [3.63, 3.8) is 0 Å². The lowest BCUT2D eigenvalue weighted by molar-refractivity contribution is 0.258. The minimum atomic E-state index is -3.66. The average molecular weight is 361 g/mol. The van der Waals surface area contributed by atoms with Gasteiger partial charge in [0.1, 0.15) is 18.5 Å². The second kappa shape index (κ2) is 6.69.